The molecule has 1 amide bonds. The number of carbonyl (C=O) groups excluding carboxylic acids is 1. The first-order valence-corrected chi connectivity index (χ1v) is 8.78. The Morgan fingerprint density at radius 3 is 2.44 bits per heavy atom. The predicted molar refractivity (Wildman–Crippen MR) is 95.0 cm³/mol. The molecule has 1 aliphatic heterocycles. The van der Waals surface area contributed by atoms with E-state index in [0.29, 0.717) is 19.0 Å². The van der Waals surface area contributed by atoms with Gasteiger partial charge in [0.2, 0.25) is 0 Å². The average Bonchev–Trinajstić information content (AvgIpc) is 3.03. The highest BCUT2D eigenvalue weighted by molar-refractivity contribution is 5.94. The Hall–Kier alpha value is -2.34. The number of aromatic nitrogens is 2. The first-order valence-electron chi connectivity index (χ1n) is 8.78. The monoisotopic (exact) mass is 343 g/mol. The van der Waals surface area contributed by atoms with Crippen LogP contribution in [-0.2, 0) is 0 Å². The number of aliphatic hydroxyl groups is 1. The van der Waals surface area contributed by atoms with E-state index >= 15 is 0 Å². The van der Waals surface area contributed by atoms with Gasteiger partial charge in [0.05, 0.1) is 11.9 Å². The number of likely N-dealkylation sites (tertiary alicyclic amines) is 1. The smallest absolute Gasteiger partial charge is 0.278 e. The quantitative estimate of drug-likeness (QED) is 0.894. The second-order valence-corrected chi connectivity index (χ2v) is 6.97. The van der Waals surface area contributed by atoms with Gasteiger partial charge in [-0.1, -0.05) is 26.0 Å². The zero-order chi connectivity index (χ0) is 18.0. The average molecular weight is 343 g/mol. The Bertz CT molecular complexity index is 729. The molecular weight excluding hydrogens is 318 g/mol. The summed E-state index contributed by atoms with van der Waals surface area (Å²) in [7, 11) is 0. The van der Waals surface area contributed by atoms with Gasteiger partial charge in [-0.3, -0.25) is 4.79 Å². The van der Waals surface area contributed by atoms with Crippen LogP contribution in [0.15, 0.2) is 30.5 Å². The van der Waals surface area contributed by atoms with Crippen molar-refractivity contribution in [3.63, 3.8) is 0 Å². The predicted octanol–water partition coefficient (Wildman–Crippen LogP) is 2.55. The van der Waals surface area contributed by atoms with Crippen LogP contribution in [0, 0.1) is 5.92 Å². The van der Waals surface area contributed by atoms with Crippen LogP contribution < -0.4 is 0 Å². The number of rotatable bonds is 4. The third-order valence-electron chi connectivity index (χ3n) is 4.88. The normalized spacial score (nSPS) is 15.8. The molecule has 2 heterocycles. The first-order chi connectivity index (χ1) is 12.0. The molecule has 6 heteroatoms. The van der Waals surface area contributed by atoms with Gasteiger partial charge >= 0.3 is 0 Å². The van der Waals surface area contributed by atoms with Crippen LogP contribution in [0.1, 0.15) is 48.7 Å². The molecule has 134 valence electrons. The zero-order valence-electron chi connectivity index (χ0n) is 14.7. The minimum Gasteiger partial charge on any atom is -0.504 e. The number of hydrogen-bond acceptors (Lipinski definition) is 4. The molecule has 1 aromatic heterocycles. The van der Waals surface area contributed by atoms with E-state index in [0.717, 1.165) is 18.5 Å². The summed E-state index contributed by atoms with van der Waals surface area (Å²) < 4.78 is 1.53. The van der Waals surface area contributed by atoms with E-state index in [1.165, 1.54) is 16.4 Å². The van der Waals surface area contributed by atoms with Crippen molar-refractivity contribution in [3.8, 4) is 11.4 Å². The van der Waals surface area contributed by atoms with Crippen molar-refractivity contribution in [2.75, 3.05) is 19.7 Å². The van der Waals surface area contributed by atoms with E-state index in [4.69, 9.17) is 0 Å². The molecule has 0 unspecified atom stereocenters. The van der Waals surface area contributed by atoms with Crippen LogP contribution in [0.2, 0.25) is 0 Å². The molecule has 1 aliphatic rings. The summed E-state index contributed by atoms with van der Waals surface area (Å²) in [6.07, 6.45) is 3.03. The topological polar surface area (TPSA) is 78.6 Å². The van der Waals surface area contributed by atoms with E-state index in [2.05, 4.69) is 18.9 Å². The lowest BCUT2D eigenvalue weighted by Crippen LogP contribution is -2.39. The van der Waals surface area contributed by atoms with Crippen molar-refractivity contribution in [3.05, 3.63) is 41.7 Å². The minimum absolute atomic E-state index is 0.0791. The molecule has 1 fully saturated rings. The fourth-order valence-electron chi connectivity index (χ4n) is 3.13. The number of aliphatic hydroxyl groups excluding tert-OH is 1. The standard InChI is InChI=1S/C19H25N3O3/c1-13(2)15-3-5-16(6-4-15)22-11-17(24)18(20-22)19(25)21-9-7-14(12-23)8-10-21/h3-6,11,13-14,23-24H,7-10,12H2,1-2H3. The number of amides is 1. The van der Waals surface area contributed by atoms with Crippen molar-refractivity contribution in [2.24, 2.45) is 5.92 Å². The van der Waals surface area contributed by atoms with Crippen molar-refractivity contribution < 1.29 is 15.0 Å². The van der Waals surface area contributed by atoms with Crippen LogP contribution in [0.3, 0.4) is 0 Å². The summed E-state index contributed by atoms with van der Waals surface area (Å²) in [5, 5.41) is 23.7. The van der Waals surface area contributed by atoms with Crippen molar-refractivity contribution in [1.29, 1.82) is 0 Å². The molecular formula is C19H25N3O3. The Labute approximate surface area is 147 Å². The van der Waals surface area contributed by atoms with E-state index in [1.54, 1.807) is 4.90 Å². The molecule has 2 N–H and O–H groups in total. The molecule has 3 rings (SSSR count). The first kappa shape index (κ1) is 17.5. The maximum absolute atomic E-state index is 12.6. The molecule has 0 radical (unpaired) electrons. The molecule has 0 bridgehead atoms. The van der Waals surface area contributed by atoms with E-state index in [-0.39, 0.29) is 29.9 Å². The molecule has 0 atom stereocenters. The molecule has 0 saturated carbocycles. The van der Waals surface area contributed by atoms with E-state index < -0.39 is 0 Å². The van der Waals surface area contributed by atoms with Crippen LogP contribution in [-0.4, -0.2) is 50.5 Å². The molecule has 0 aliphatic carbocycles. The Kier molecular flexibility index (Phi) is 5.08. The van der Waals surface area contributed by atoms with Gasteiger partial charge in [-0.05, 0) is 42.4 Å². The highest BCUT2D eigenvalue weighted by atomic mass is 16.3. The number of aromatic hydroxyl groups is 1. The van der Waals surface area contributed by atoms with Crippen LogP contribution >= 0.6 is 0 Å². The fourth-order valence-corrected chi connectivity index (χ4v) is 3.13. The third-order valence-corrected chi connectivity index (χ3v) is 4.88. The summed E-state index contributed by atoms with van der Waals surface area (Å²) in [6, 6.07) is 7.92. The van der Waals surface area contributed by atoms with Gasteiger partial charge in [0.1, 0.15) is 0 Å². The molecule has 0 spiro atoms. The summed E-state index contributed by atoms with van der Waals surface area (Å²) >= 11 is 0. The van der Waals surface area contributed by atoms with Gasteiger partial charge in [0.25, 0.3) is 5.91 Å². The fraction of sp³-hybridized carbons (Fsp3) is 0.474. The lowest BCUT2D eigenvalue weighted by atomic mass is 9.98. The van der Waals surface area contributed by atoms with E-state index in [1.807, 2.05) is 24.3 Å². The SMILES string of the molecule is CC(C)c1ccc(-n2cc(O)c(C(=O)N3CCC(CO)CC3)n2)cc1. The van der Waals surface area contributed by atoms with Crippen LogP contribution in [0.4, 0.5) is 0 Å². The number of piperidine rings is 1. The van der Waals surface area contributed by atoms with Crippen LogP contribution in [0.25, 0.3) is 5.69 Å². The second kappa shape index (κ2) is 7.27. The van der Waals surface area contributed by atoms with Gasteiger partial charge in [-0.2, -0.15) is 5.10 Å². The lowest BCUT2D eigenvalue weighted by molar-refractivity contribution is 0.0642. The minimum atomic E-state index is -0.258. The molecule has 1 saturated heterocycles. The van der Waals surface area contributed by atoms with Crippen molar-refractivity contribution in [2.45, 2.75) is 32.6 Å². The largest absolute Gasteiger partial charge is 0.504 e. The number of benzene rings is 1. The number of nitrogens with zero attached hydrogens (tertiary/aromatic N) is 3. The van der Waals surface area contributed by atoms with Crippen molar-refractivity contribution in [1.82, 2.24) is 14.7 Å². The number of carbonyl (C=O) groups is 1. The zero-order valence-corrected chi connectivity index (χ0v) is 14.7. The molecule has 6 nitrogen and oxygen atoms in total. The summed E-state index contributed by atoms with van der Waals surface area (Å²) in [6.45, 7) is 5.59. The summed E-state index contributed by atoms with van der Waals surface area (Å²) in [4.78, 5) is 14.3. The Morgan fingerprint density at radius 1 is 1.24 bits per heavy atom. The van der Waals surface area contributed by atoms with E-state index in [9.17, 15) is 15.0 Å². The van der Waals surface area contributed by atoms with Gasteiger partial charge in [0.15, 0.2) is 11.4 Å². The van der Waals surface area contributed by atoms with Gasteiger partial charge in [-0.25, -0.2) is 4.68 Å². The Balaban J connectivity index is 1.77. The van der Waals surface area contributed by atoms with Gasteiger partial charge in [-0.15, -0.1) is 0 Å². The lowest BCUT2D eigenvalue weighted by Gasteiger charge is -2.30. The van der Waals surface area contributed by atoms with Crippen molar-refractivity contribution >= 4 is 5.91 Å². The maximum Gasteiger partial charge on any atom is 0.278 e. The summed E-state index contributed by atoms with van der Waals surface area (Å²) in [5.74, 6) is 0.336. The second-order valence-electron chi connectivity index (χ2n) is 6.97. The van der Waals surface area contributed by atoms with Crippen LogP contribution in [0.5, 0.6) is 5.75 Å². The van der Waals surface area contributed by atoms with Gasteiger partial charge < -0.3 is 15.1 Å². The maximum atomic E-state index is 12.6. The molecule has 2 aromatic rings. The number of hydrogen-bond donors (Lipinski definition) is 2. The van der Waals surface area contributed by atoms with Gasteiger partial charge in [0, 0.05) is 19.7 Å². The third kappa shape index (κ3) is 3.69. The summed E-state index contributed by atoms with van der Waals surface area (Å²) in [5.41, 5.74) is 2.11. The highest BCUT2D eigenvalue weighted by Crippen LogP contribution is 2.24. The Morgan fingerprint density at radius 2 is 1.88 bits per heavy atom. The highest BCUT2D eigenvalue weighted by Gasteiger charge is 2.27. The molecule has 1 aromatic carbocycles. The molecule has 25 heavy (non-hydrogen) atoms.